The summed E-state index contributed by atoms with van der Waals surface area (Å²) in [6, 6.07) is 16.1. The van der Waals surface area contributed by atoms with Crippen LogP contribution in [0.5, 0.6) is 0 Å². The third-order valence-electron chi connectivity index (χ3n) is 4.46. The molecule has 0 saturated carbocycles. The minimum absolute atomic E-state index is 0.103. The fraction of sp³-hybridized carbons (Fsp3) is 0.273. The van der Waals surface area contributed by atoms with Crippen LogP contribution < -0.4 is 5.32 Å². The summed E-state index contributed by atoms with van der Waals surface area (Å²) in [7, 11) is 3.97. The predicted molar refractivity (Wildman–Crippen MR) is 109 cm³/mol. The van der Waals surface area contributed by atoms with Crippen LogP contribution in [0.4, 0.5) is 0 Å². The van der Waals surface area contributed by atoms with Crippen LogP contribution in [0.25, 0.3) is 16.9 Å². The van der Waals surface area contributed by atoms with Crippen LogP contribution in [-0.4, -0.2) is 47.8 Å². The van der Waals surface area contributed by atoms with Crippen LogP contribution in [-0.2, 0) is 0 Å². The second-order valence-corrected chi connectivity index (χ2v) is 7.05. The van der Waals surface area contributed by atoms with Crippen molar-refractivity contribution < 1.29 is 4.79 Å². The molecule has 5 nitrogen and oxygen atoms in total. The SMILES string of the molecule is Cc1ccc(-c2nn(-c3ccccc3)cc2C(=O)NCCN(C)C)c(C)c1. The van der Waals surface area contributed by atoms with E-state index in [1.165, 1.54) is 5.56 Å². The van der Waals surface area contributed by atoms with E-state index in [-0.39, 0.29) is 5.91 Å². The molecule has 1 N–H and O–H groups in total. The third kappa shape index (κ3) is 4.44. The fourth-order valence-corrected chi connectivity index (χ4v) is 3.02. The maximum Gasteiger partial charge on any atom is 0.255 e. The normalized spacial score (nSPS) is 11.0. The summed E-state index contributed by atoms with van der Waals surface area (Å²) in [6.07, 6.45) is 1.81. The zero-order chi connectivity index (χ0) is 19.4. The number of nitrogens with zero attached hydrogens (tertiary/aromatic N) is 3. The van der Waals surface area contributed by atoms with Crippen LogP contribution in [0.2, 0.25) is 0 Å². The first kappa shape index (κ1) is 18.9. The Morgan fingerprint density at radius 3 is 2.52 bits per heavy atom. The largest absolute Gasteiger partial charge is 0.351 e. The Bertz CT molecular complexity index is 929. The molecule has 0 atom stereocenters. The van der Waals surface area contributed by atoms with E-state index in [0.29, 0.717) is 17.8 Å². The van der Waals surface area contributed by atoms with Gasteiger partial charge in [-0.2, -0.15) is 5.10 Å². The van der Waals surface area contributed by atoms with Gasteiger partial charge in [-0.15, -0.1) is 0 Å². The Hall–Kier alpha value is -2.92. The Morgan fingerprint density at radius 2 is 1.85 bits per heavy atom. The smallest absolute Gasteiger partial charge is 0.255 e. The fourth-order valence-electron chi connectivity index (χ4n) is 3.02. The van der Waals surface area contributed by atoms with E-state index in [1.54, 1.807) is 4.68 Å². The number of amides is 1. The van der Waals surface area contributed by atoms with Gasteiger partial charge in [0.1, 0.15) is 5.69 Å². The monoisotopic (exact) mass is 362 g/mol. The van der Waals surface area contributed by atoms with Crippen molar-refractivity contribution in [2.24, 2.45) is 0 Å². The summed E-state index contributed by atoms with van der Waals surface area (Å²) in [5, 5.41) is 7.75. The lowest BCUT2D eigenvalue weighted by Crippen LogP contribution is -2.31. The number of nitrogens with one attached hydrogen (secondary N) is 1. The number of likely N-dealkylation sites (N-methyl/N-ethyl adjacent to an activating group) is 1. The second kappa shape index (κ2) is 8.18. The first-order valence-electron chi connectivity index (χ1n) is 9.11. The van der Waals surface area contributed by atoms with Crippen molar-refractivity contribution >= 4 is 5.91 Å². The highest BCUT2D eigenvalue weighted by Gasteiger charge is 2.19. The molecule has 0 aliphatic carbocycles. The zero-order valence-electron chi connectivity index (χ0n) is 16.4. The van der Waals surface area contributed by atoms with Crippen LogP contribution in [0.1, 0.15) is 21.5 Å². The number of aromatic nitrogens is 2. The van der Waals surface area contributed by atoms with Gasteiger partial charge >= 0.3 is 0 Å². The standard InChI is InChI=1S/C22H26N4O/c1-16-10-11-19(17(2)14-16)21-20(22(27)23-12-13-25(3)4)15-26(24-21)18-8-6-5-7-9-18/h5-11,14-15H,12-13H2,1-4H3,(H,23,27). The third-order valence-corrected chi connectivity index (χ3v) is 4.46. The quantitative estimate of drug-likeness (QED) is 0.731. The van der Waals surface area contributed by atoms with Crippen molar-refractivity contribution in [1.29, 1.82) is 0 Å². The van der Waals surface area contributed by atoms with E-state index in [1.807, 2.05) is 61.6 Å². The van der Waals surface area contributed by atoms with Gasteiger partial charge in [0.05, 0.1) is 11.3 Å². The number of para-hydroxylation sites is 1. The van der Waals surface area contributed by atoms with E-state index < -0.39 is 0 Å². The molecule has 3 rings (SSSR count). The van der Waals surface area contributed by atoms with Gasteiger partial charge < -0.3 is 10.2 Å². The van der Waals surface area contributed by atoms with Crippen LogP contribution in [0.3, 0.4) is 0 Å². The topological polar surface area (TPSA) is 50.2 Å². The summed E-state index contributed by atoms with van der Waals surface area (Å²) in [5.74, 6) is -0.103. The van der Waals surface area contributed by atoms with Crippen LogP contribution >= 0.6 is 0 Å². The van der Waals surface area contributed by atoms with Crippen molar-refractivity contribution in [3.05, 3.63) is 71.4 Å². The maximum atomic E-state index is 12.9. The average Bonchev–Trinajstić information content (AvgIpc) is 3.07. The molecule has 0 fully saturated rings. The number of hydrogen-bond donors (Lipinski definition) is 1. The van der Waals surface area contributed by atoms with Gasteiger partial charge in [-0.25, -0.2) is 4.68 Å². The summed E-state index contributed by atoms with van der Waals surface area (Å²) in [4.78, 5) is 14.9. The van der Waals surface area contributed by atoms with E-state index in [4.69, 9.17) is 5.10 Å². The van der Waals surface area contributed by atoms with Crippen molar-refractivity contribution in [2.45, 2.75) is 13.8 Å². The van der Waals surface area contributed by atoms with E-state index in [9.17, 15) is 4.79 Å². The number of hydrogen-bond acceptors (Lipinski definition) is 3. The molecule has 0 spiro atoms. The Morgan fingerprint density at radius 1 is 1.11 bits per heavy atom. The molecule has 0 unspecified atom stereocenters. The predicted octanol–water partition coefficient (Wildman–Crippen LogP) is 3.45. The maximum absolute atomic E-state index is 12.9. The van der Waals surface area contributed by atoms with Gasteiger partial charge in [0.25, 0.3) is 5.91 Å². The molecule has 1 amide bonds. The number of carbonyl (C=O) groups excluding carboxylic acids is 1. The molecular weight excluding hydrogens is 336 g/mol. The van der Waals surface area contributed by atoms with Gasteiger partial charge in [-0.1, -0.05) is 42.0 Å². The molecule has 2 aromatic carbocycles. The van der Waals surface area contributed by atoms with E-state index in [2.05, 4.69) is 31.3 Å². The van der Waals surface area contributed by atoms with Gasteiger partial charge in [-0.3, -0.25) is 4.79 Å². The van der Waals surface area contributed by atoms with Crippen LogP contribution in [0, 0.1) is 13.8 Å². The molecular formula is C22H26N4O. The van der Waals surface area contributed by atoms with Gasteiger partial charge in [-0.05, 0) is 45.6 Å². The van der Waals surface area contributed by atoms with Crippen molar-refractivity contribution in [3.63, 3.8) is 0 Å². The van der Waals surface area contributed by atoms with Gasteiger partial charge in [0.2, 0.25) is 0 Å². The molecule has 0 radical (unpaired) electrons. The Labute approximate surface area is 160 Å². The molecule has 0 aliphatic rings. The minimum Gasteiger partial charge on any atom is -0.351 e. The lowest BCUT2D eigenvalue weighted by molar-refractivity contribution is 0.0951. The first-order valence-corrected chi connectivity index (χ1v) is 9.11. The lowest BCUT2D eigenvalue weighted by atomic mass is 10.0. The van der Waals surface area contributed by atoms with E-state index in [0.717, 1.165) is 23.4 Å². The molecule has 0 saturated heterocycles. The van der Waals surface area contributed by atoms with Gasteiger partial charge in [0.15, 0.2) is 0 Å². The Balaban J connectivity index is 2.01. The summed E-state index contributed by atoms with van der Waals surface area (Å²) in [6.45, 7) is 5.50. The van der Waals surface area contributed by atoms with Crippen molar-refractivity contribution in [2.75, 3.05) is 27.2 Å². The number of rotatable bonds is 6. The highest BCUT2D eigenvalue weighted by Crippen LogP contribution is 2.27. The minimum atomic E-state index is -0.103. The molecule has 3 aromatic rings. The average molecular weight is 362 g/mol. The second-order valence-electron chi connectivity index (χ2n) is 7.05. The lowest BCUT2D eigenvalue weighted by Gasteiger charge is -2.11. The zero-order valence-corrected chi connectivity index (χ0v) is 16.4. The summed E-state index contributed by atoms with van der Waals surface area (Å²) < 4.78 is 1.77. The number of benzene rings is 2. The molecule has 140 valence electrons. The van der Waals surface area contributed by atoms with Crippen LogP contribution in [0.15, 0.2) is 54.7 Å². The molecule has 27 heavy (non-hydrogen) atoms. The molecule has 1 aromatic heterocycles. The highest BCUT2D eigenvalue weighted by molar-refractivity contribution is 6.00. The van der Waals surface area contributed by atoms with Gasteiger partial charge in [0, 0.05) is 24.8 Å². The molecule has 0 aliphatic heterocycles. The molecule has 0 bridgehead atoms. The highest BCUT2D eigenvalue weighted by atomic mass is 16.1. The molecule has 5 heteroatoms. The Kier molecular flexibility index (Phi) is 5.72. The molecule has 1 heterocycles. The summed E-state index contributed by atoms with van der Waals surface area (Å²) in [5.41, 5.74) is 5.50. The van der Waals surface area contributed by atoms with Crippen molar-refractivity contribution in [1.82, 2.24) is 20.0 Å². The van der Waals surface area contributed by atoms with E-state index >= 15 is 0 Å². The summed E-state index contributed by atoms with van der Waals surface area (Å²) >= 11 is 0. The number of aryl methyl sites for hydroxylation is 2. The number of carbonyl (C=O) groups is 1. The van der Waals surface area contributed by atoms with Crippen molar-refractivity contribution in [3.8, 4) is 16.9 Å². The first-order chi connectivity index (χ1) is 13.0.